The Kier molecular flexibility index (Phi) is 10.3. The molecule has 4 rings (SSSR count). The number of fused-ring (bicyclic) bond motifs is 1. The zero-order chi connectivity index (χ0) is 25.9. The fraction of sp³-hybridized carbons (Fsp3) is 0.0833. The first-order valence-electron chi connectivity index (χ1n) is 10.5. The van der Waals surface area contributed by atoms with Gasteiger partial charge in [0.25, 0.3) is 5.91 Å². The number of H-pyrrole nitrogens is 1. The molecule has 14 heteroatoms. The van der Waals surface area contributed by atoms with Crippen LogP contribution in [0.2, 0.25) is 0 Å². The number of aromatic amines is 1. The van der Waals surface area contributed by atoms with Gasteiger partial charge in [0.2, 0.25) is 0 Å². The van der Waals surface area contributed by atoms with Crippen LogP contribution in [0, 0.1) is 5.41 Å². The van der Waals surface area contributed by atoms with Gasteiger partial charge in [0, 0.05) is 17.4 Å². The largest absolute Gasteiger partial charge is 0.456 e. The van der Waals surface area contributed by atoms with Gasteiger partial charge in [-0.15, -0.1) is 24.8 Å². The van der Waals surface area contributed by atoms with Crippen LogP contribution in [0.1, 0.15) is 20.7 Å². The first-order chi connectivity index (χ1) is 17.1. The highest BCUT2D eigenvalue weighted by Crippen LogP contribution is 2.30. The zero-order valence-electron chi connectivity index (χ0n) is 19.8. The van der Waals surface area contributed by atoms with Crippen molar-refractivity contribution < 1.29 is 22.7 Å². The van der Waals surface area contributed by atoms with Crippen molar-refractivity contribution in [2.75, 3.05) is 12.0 Å². The number of hydrogen-bond acceptors (Lipinski definition) is 8. The SMILES string of the molecule is CS(=O)(=O)c1cc(C(=O)NC(=N)N)ccc1Oc1ccc(C(=O)CSc2nc3ccccc3[nH]2)cc1.Cl.Cl. The summed E-state index contributed by atoms with van der Waals surface area (Å²) in [4.78, 5) is 32.1. The van der Waals surface area contributed by atoms with E-state index < -0.39 is 21.7 Å². The van der Waals surface area contributed by atoms with Crippen LogP contribution in [0.4, 0.5) is 0 Å². The number of halogens is 2. The number of ketones is 1. The topological polar surface area (TPSA) is 168 Å². The van der Waals surface area contributed by atoms with Gasteiger partial charge in [0.05, 0.1) is 16.8 Å². The van der Waals surface area contributed by atoms with Crippen LogP contribution < -0.4 is 15.8 Å². The molecule has 0 aliphatic rings. The number of nitrogens with two attached hydrogens (primary N) is 1. The first-order valence-corrected chi connectivity index (χ1v) is 13.4. The Hall–Kier alpha value is -3.58. The van der Waals surface area contributed by atoms with Crippen molar-refractivity contribution in [3.05, 3.63) is 77.9 Å². The van der Waals surface area contributed by atoms with E-state index in [0.717, 1.165) is 23.4 Å². The molecule has 0 aliphatic heterocycles. The fourth-order valence-corrected chi connectivity index (χ4v) is 4.86. The molecule has 5 N–H and O–H groups in total. The Morgan fingerprint density at radius 2 is 1.71 bits per heavy atom. The Labute approximate surface area is 235 Å². The fourth-order valence-electron chi connectivity index (χ4n) is 3.27. The van der Waals surface area contributed by atoms with Crippen LogP contribution in [-0.2, 0) is 9.84 Å². The third-order valence-electron chi connectivity index (χ3n) is 4.97. The van der Waals surface area contributed by atoms with Crippen LogP contribution in [0.25, 0.3) is 11.0 Å². The Morgan fingerprint density at radius 1 is 1.05 bits per heavy atom. The maximum atomic E-state index is 12.6. The Balaban J connectivity index is 0.00000253. The number of amides is 1. The van der Waals surface area contributed by atoms with E-state index in [1.807, 2.05) is 24.3 Å². The zero-order valence-corrected chi connectivity index (χ0v) is 23.0. The van der Waals surface area contributed by atoms with Gasteiger partial charge in [0.15, 0.2) is 26.7 Å². The average molecular weight is 597 g/mol. The minimum Gasteiger partial charge on any atom is -0.456 e. The van der Waals surface area contributed by atoms with Gasteiger partial charge in [-0.05, 0) is 54.6 Å². The number of carbonyl (C=O) groups is 2. The maximum Gasteiger partial charge on any atom is 0.257 e. The lowest BCUT2D eigenvalue weighted by Gasteiger charge is -2.12. The number of carbonyl (C=O) groups excluding carboxylic acids is 2. The van der Waals surface area contributed by atoms with Crippen molar-refractivity contribution in [1.29, 1.82) is 5.41 Å². The van der Waals surface area contributed by atoms with Gasteiger partial charge in [-0.1, -0.05) is 23.9 Å². The Bertz CT molecular complexity index is 1560. The molecule has 0 spiro atoms. The minimum absolute atomic E-state index is 0. The van der Waals surface area contributed by atoms with E-state index in [4.69, 9.17) is 15.9 Å². The second-order valence-electron chi connectivity index (χ2n) is 7.70. The number of aromatic nitrogens is 2. The third kappa shape index (κ3) is 7.48. The molecule has 0 aliphatic carbocycles. The van der Waals surface area contributed by atoms with Gasteiger partial charge >= 0.3 is 0 Å². The number of para-hydroxylation sites is 2. The van der Waals surface area contributed by atoms with Crippen LogP contribution in [0.3, 0.4) is 0 Å². The lowest BCUT2D eigenvalue weighted by atomic mass is 10.1. The van der Waals surface area contributed by atoms with Crippen molar-refractivity contribution in [3.63, 3.8) is 0 Å². The molecule has 1 aromatic heterocycles. The van der Waals surface area contributed by atoms with E-state index in [-0.39, 0.29) is 52.6 Å². The summed E-state index contributed by atoms with van der Waals surface area (Å²) in [6.45, 7) is 0. The number of nitrogens with one attached hydrogen (secondary N) is 3. The van der Waals surface area contributed by atoms with Gasteiger partial charge in [0.1, 0.15) is 16.4 Å². The van der Waals surface area contributed by atoms with Crippen molar-refractivity contribution in [2.24, 2.45) is 5.73 Å². The van der Waals surface area contributed by atoms with Crippen LogP contribution in [0.5, 0.6) is 11.5 Å². The molecular formula is C24H23Cl2N5O5S2. The molecule has 0 radical (unpaired) electrons. The molecule has 0 bridgehead atoms. The van der Waals surface area contributed by atoms with E-state index in [0.29, 0.717) is 16.5 Å². The summed E-state index contributed by atoms with van der Waals surface area (Å²) in [5.74, 6) is -0.889. The highest BCUT2D eigenvalue weighted by Gasteiger charge is 2.19. The number of Topliss-reactive ketones (excluding diaryl/α,β-unsaturated/α-hetero) is 1. The monoisotopic (exact) mass is 595 g/mol. The minimum atomic E-state index is -3.76. The van der Waals surface area contributed by atoms with Crippen LogP contribution in [-0.4, -0.2) is 48.0 Å². The molecule has 0 saturated heterocycles. The lowest BCUT2D eigenvalue weighted by molar-refractivity contribution is 0.0974. The van der Waals surface area contributed by atoms with E-state index in [2.05, 4.69) is 15.3 Å². The average Bonchev–Trinajstić information content (AvgIpc) is 3.25. The molecule has 0 unspecified atom stereocenters. The number of rotatable bonds is 8. The molecule has 0 saturated carbocycles. The summed E-state index contributed by atoms with van der Waals surface area (Å²) >= 11 is 1.30. The lowest BCUT2D eigenvalue weighted by Crippen LogP contribution is -2.35. The predicted octanol–water partition coefficient (Wildman–Crippen LogP) is 4.20. The molecule has 4 aromatic rings. The van der Waals surface area contributed by atoms with E-state index in [9.17, 15) is 18.0 Å². The summed E-state index contributed by atoms with van der Waals surface area (Å²) in [7, 11) is -3.76. The second kappa shape index (κ2) is 12.8. The smallest absolute Gasteiger partial charge is 0.257 e. The van der Waals surface area contributed by atoms with E-state index in [1.165, 1.54) is 23.9 Å². The third-order valence-corrected chi connectivity index (χ3v) is 6.96. The molecule has 0 fully saturated rings. The number of nitrogens with zero attached hydrogens (tertiary/aromatic N) is 1. The molecule has 10 nitrogen and oxygen atoms in total. The highest BCUT2D eigenvalue weighted by molar-refractivity contribution is 7.99. The summed E-state index contributed by atoms with van der Waals surface area (Å²) in [6, 6.07) is 17.7. The molecular weight excluding hydrogens is 573 g/mol. The molecule has 3 aromatic carbocycles. The first kappa shape index (κ1) is 30.6. The summed E-state index contributed by atoms with van der Waals surface area (Å²) in [6.07, 6.45) is 0.989. The van der Waals surface area contributed by atoms with Crippen LogP contribution >= 0.6 is 36.6 Å². The standard InChI is InChI=1S/C24H21N5O5S2.2ClH/c1-36(32,33)21-12-15(22(31)29-23(25)26)8-11-20(21)34-16-9-6-14(7-10-16)19(30)13-35-24-27-17-4-2-3-5-18(17)28-24;;/h2-12H,13H2,1H3,(H,27,28)(H4,25,26,29,31);2*1H. The number of thioether (sulfide) groups is 1. The van der Waals surface area contributed by atoms with Gasteiger partial charge in [-0.3, -0.25) is 20.3 Å². The number of ether oxygens (including phenoxy) is 1. The van der Waals surface area contributed by atoms with Gasteiger partial charge in [-0.25, -0.2) is 13.4 Å². The highest BCUT2D eigenvalue weighted by atomic mass is 35.5. The van der Waals surface area contributed by atoms with E-state index >= 15 is 0 Å². The van der Waals surface area contributed by atoms with Crippen molar-refractivity contribution >= 4 is 75.1 Å². The van der Waals surface area contributed by atoms with Crippen molar-refractivity contribution in [2.45, 2.75) is 10.1 Å². The molecule has 1 amide bonds. The number of hydrogen-bond donors (Lipinski definition) is 4. The molecule has 200 valence electrons. The van der Waals surface area contributed by atoms with Crippen LogP contribution in [0.15, 0.2) is 76.8 Å². The summed E-state index contributed by atoms with van der Waals surface area (Å²) in [5.41, 5.74) is 7.35. The molecule has 38 heavy (non-hydrogen) atoms. The predicted molar refractivity (Wildman–Crippen MR) is 151 cm³/mol. The van der Waals surface area contributed by atoms with Gasteiger partial charge < -0.3 is 15.5 Å². The van der Waals surface area contributed by atoms with Gasteiger partial charge in [-0.2, -0.15) is 0 Å². The number of sulfone groups is 1. The second-order valence-corrected chi connectivity index (χ2v) is 10.6. The van der Waals surface area contributed by atoms with E-state index in [1.54, 1.807) is 24.3 Å². The quantitative estimate of drug-likeness (QED) is 0.102. The molecule has 0 atom stereocenters. The summed E-state index contributed by atoms with van der Waals surface area (Å²) < 4.78 is 30.3. The normalized spacial score (nSPS) is 10.7. The maximum absolute atomic E-state index is 12.6. The summed E-state index contributed by atoms with van der Waals surface area (Å²) in [5, 5.41) is 9.90. The number of guanidine groups is 1. The molecule has 1 heterocycles. The van der Waals surface area contributed by atoms with Crippen molar-refractivity contribution in [3.8, 4) is 11.5 Å². The number of imidazole rings is 1. The number of benzene rings is 3. The Morgan fingerprint density at radius 3 is 2.34 bits per heavy atom. The van der Waals surface area contributed by atoms with Crippen molar-refractivity contribution in [1.82, 2.24) is 15.3 Å².